The third-order valence-corrected chi connectivity index (χ3v) is 6.22. The summed E-state index contributed by atoms with van der Waals surface area (Å²) in [5.74, 6) is -1.75. The third-order valence-electron chi connectivity index (χ3n) is 5.04. The molecule has 0 bridgehead atoms. The predicted molar refractivity (Wildman–Crippen MR) is 107 cm³/mol. The van der Waals surface area contributed by atoms with E-state index in [1.165, 1.54) is 25.6 Å². The van der Waals surface area contributed by atoms with Crippen molar-refractivity contribution in [3.05, 3.63) is 50.4 Å². The molecule has 1 aromatic carbocycles. The zero-order chi connectivity index (χ0) is 20.6. The molecule has 7 heteroatoms. The maximum absolute atomic E-state index is 13.0. The Morgan fingerprint density at radius 3 is 2.25 bits per heavy atom. The fourth-order valence-electron chi connectivity index (χ4n) is 3.94. The van der Waals surface area contributed by atoms with Crippen LogP contribution >= 0.6 is 11.3 Å². The minimum Gasteiger partial charge on any atom is -0.469 e. The molecule has 0 fully saturated rings. The average Bonchev–Trinajstić information content (AvgIpc) is 3.18. The number of methoxy groups -OCH3 is 2. The highest BCUT2D eigenvalue weighted by Crippen LogP contribution is 2.46. The topological polar surface area (TPSA) is 81.7 Å². The second-order valence-electron chi connectivity index (χ2n) is 6.98. The molecule has 6 nitrogen and oxygen atoms in total. The minimum absolute atomic E-state index is 0.256. The van der Waals surface area contributed by atoms with Crippen molar-refractivity contribution in [3.63, 3.8) is 0 Å². The largest absolute Gasteiger partial charge is 0.469 e. The van der Waals surface area contributed by atoms with Crippen LogP contribution in [-0.4, -0.2) is 32.1 Å². The van der Waals surface area contributed by atoms with Gasteiger partial charge >= 0.3 is 11.9 Å². The Kier molecular flexibility index (Phi) is 5.56. The Morgan fingerprint density at radius 2 is 1.68 bits per heavy atom. The zero-order valence-corrected chi connectivity index (χ0v) is 17.4. The first-order valence-electron chi connectivity index (χ1n) is 8.99. The second kappa shape index (κ2) is 7.75. The van der Waals surface area contributed by atoms with Crippen LogP contribution in [0.3, 0.4) is 0 Å². The van der Waals surface area contributed by atoms with Gasteiger partial charge in [0.05, 0.1) is 25.7 Å². The average molecular weight is 401 g/mol. The molecule has 1 N–H and O–H groups in total. The quantitative estimate of drug-likeness (QED) is 0.786. The van der Waals surface area contributed by atoms with Crippen molar-refractivity contribution in [1.29, 1.82) is 0 Å². The predicted octanol–water partition coefficient (Wildman–Crippen LogP) is 3.92. The molecule has 0 unspecified atom stereocenters. The maximum atomic E-state index is 13.0. The van der Waals surface area contributed by atoms with E-state index in [4.69, 9.17) is 9.47 Å². The van der Waals surface area contributed by atoms with Gasteiger partial charge in [-0.2, -0.15) is 0 Å². The normalized spacial score (nSPS) is 15.1. The van der Waals surface area contributed by atoms with Gasteiger partial charge in [0.15, 0.2) is 0 Å². The van der Waals surface area contributed by atoms with E-state index in [2.05, 4.69) is 5.32 Å². The first-order valence-corrected chi connectivity index (χ1v) is 9.81. The standard InChI is InChI=1S/C21H23NO5S/c1-10-8-11(2)15(12(3)9-10)18(23)22-19-17(21(25)27-5)16-13(20(24)26-4)6-7-14(16)28-19/h8-9,13H,6-7H2,1-5H3,(H,22,23)/t13-/m1/s1. The van der Waals surface area contributed by atoms with Gasteiger partial charge < -0.3 is 14.8 Å². The Bertz CT molecular complexity index is 952. The van der Waals surface area contributed by atoms with Gasteiger partial charge in [-0.05, 0) is 50.3 Å². The van der Waals surface area contributed by atoms with Gasteiger partial charge in [0.25, 0.3) is 5.91 Å². The molecular formula is C21H23NO5S. The van der Waals surface area contributed by atoms with Gasteiger partial charge in [-0.1, -0.05) is 17.7 Å². The van der Waals surface area contributed by atoms with Crippen LogP contribution in [0, 0.1) is 20.8 Å². The van der Waals surface area contributed by atoms with Gasteiger partial charge in [-0.3, -0.25) is 9.59 Å². The van der Waals surface area contributed by atoms with E-state index in [-0.39, 0.29) is 17.4 Å². The molecule has 0 radical (unpaired) electrons. The summed E-state index contributed by atoms with van der Waals surface area (Å²) in [5.41, 5.74) is 4.28. The van der Waals surface area contributed by atoms with Crippen molar-refractivity contribution < 1.29 is 23.9 Å². The summed E-state index contributed by atoms with van der Waals surface area (Å²) < 4.78 is 9.82. The number of fused-ring (bicyclic) bond motifs is 1. The van der Waals surface area contributed by atoms with Crippen LogP contribution < -0.4 is 5.32 Å². The van der Waals surface area contributed by atoms with Crippen molar-refractivity contribution in [3.8, 4) is 0 Å². The van der Waals surface area contributed by atoms with E-state index < -0.39 is 11.9 Å². The Balaban J connectivity index is 2.03. The number of benzene rings is 1. The lowest BCUT2D eigenvalue weighted by Gasteiger charge is -2.13. The zero-order valence-electron chi connectivity index (χ0n) is 16.6. The van der Waals surface area contributed by atoms with E-state index in [1.54, 1.807) is 0 Å². The van der Waals surface area contributed by atoms with E-state index in [0.717, 1.165) is 21.6 Å². The number of esters is 2. The van der Waals surface area contributed by atoms with Crippen molar-refractivity contribution >= 4 is 34.2 Å². The molecule has 3 rings (SSSR count). The Hall–Kier alpha value is -2.67. The number of amides is 1. The van der Waals surface area contributed by atoms with Crippen LogP contribution in [0.1, 0.15) is 60.2 Å². The van der Waals surface area contributed by atoms with Gasteiger partial charge in [0, 0.05) is 10.4 Å². The van der Waals surface area contributed by atoms with E-state index in [9.17, 15) is 14.4 Å². The van der Waals surface area contributed by atoms with E-state index in [0.29, 0.717) is 29.0 Å². The Morgan fingerprint density at radius 1 is 1.04 bits per heavy atom. The molecule has 0 saturated heterocycles. The smallest absolute Gasteiger partial charge is 0.341 e. The number of aryl methyl sites for hydroxylation is 4. The summed E-state index contributed by atoms with van der Waals surface area (Å²) in [6, 6.07) is 3.90. The molecule has 1 heterocycles. The summed E-state index contributed by atoms with van der Waals surface area (Å²) in [4.78, 5) is 38.5. The highest BCUT2D eigenvalue weighted by atomic mass is 32.1. The van der Waals surface area contributed by atoms with Gasteiger partial charge in [0.1, 0.15) is 5.00 Å². The number of hydrogen-bond donors (Lipinski definition) is 1. The third kappa shape index (κ3) is 3.42. The SMILES string of the molecule is COC(=O)c1c(NC(=O)c2c(C)cc(C)cc2C)sc2c1[C@H](C(=O)OC)CC2. The summed E-state index contributed by atoms with van der Waals surface area (Å²) in [6.45, 7) is 5.75. The van der Waals surface area contributed by atoms with E-state index in [1.807, 2.05) is 32.9 Å². The molecule has 28 heavy (non-hydrogen) atoms. The first kappa shape index (κ1) is 20.1. The lowest BCUT2D eigenvalue weighted by Crippen LogP contribution is -2.19. The van der Waals surface area contributed by atoms with Crippen LogP contribution in [-0.2, 0) is 20.7 Å². The molecule has 1 aliphatic carbocycles. The summed E-state index contributed by atoms with van der Waals surface area (Å²) >= 11 is 1.32. The monoisotopic (exact) mass is 401 g/mol. The minimum atomic E-state index is -0.569. The lowest BCUT2D eigenvalue weighted by atomic mass is 9.98. The number of carbonyl (C=O) groups excluding carboxylic acids is 3. The molecule has 2 aromatic rings. The number of carbonyl (C=O) groups is 3. The van der Waals surface area contributed by atoms with Crippen LogP contribution in [0.4, 0.5) is 5.00 Å². The molecule has 0 aliphatic heterocycles. The van der Waals surface area contributed by atoms with Crippen LogP contribution in [0.25, 0.3) is 0 Å². The molecule has 148 valence electrons. The van der Waals surface area contributed by atoms with Gasteiger partial charge in [-0.25, -0.2) is 4.79 Å². The Labute approximate surface area is 167 Å². The number of anilines is 1. The molecule has 1 aromatic heterocycles. The number of ether oxygens (including phenoxy) is 2. The second-order valence-corrected chi connectivity index (χ2v) is 8.08. The van der Waals surface area contributed by atoms with Gasteiger partial charge in [0.2, 0.25) is 0 Å². The number of hydrogen-bond acceptors (Lipinski definition) is 6. The van der Waals surface area contributed by atoms with Crippen LogP contribution in [0.5, 0.6) is 0 Å². The highest BCUT2D eigenvalue weighted by molar-refractivity contribution is 7.17. The first-order chi connectivity index (χ1) is 13.3. The molecule has 1 atom stereocenters. The van der Waals surface area contributed by atoms with E-state index >= 15 is 0 Å². The molecule has 1 aliphatic rings. The van der Waals surface area contributed by atoms with Crippen molar-refractivity contribution in [2.75, 3.05) is 19.5 Å². The summed E-state index contributed by atoms with van der Waals surface area (Å²) in [6.07, 6.45) is 1.24. The fraction of sp³-hybridized carbons (Fsp3) is 0.381. The lowest BCUT2D eigenvalue weighted by molar-refractivity contribution is -0.142. The van der Waals surface area contributed by atoms with Crippen LogP contribution in [0.15, 0.2) is 12.1 Å². The van der Waals surface area contributed by atoms with Crippen molar-refractivity contribution in [2.24, 2.45) is 0 Å². The van der Waals surface area contributed by atoms with Gasteiger partial charge in [-0.15, -0.1) is 11.3 Å². The fourth-order valence-corrected chi connectivity index (χ4v) is 5.20. The van der Waals surface area contributed by atoms with Crippen LogP contribution in [0.2, 0.25) is 0 Å². The summed E-state index contributed by atoms with van der Waals surface area (Å²) in [7, 11) is 2.62. The molecule has 1 amide bonds. The maximum Gasteiger partial charge on any atom is 0.341 e. The molecular weight excluding hydrogens is 378 g/mol. The van der Waals surface area contributed by atoms with Crippen molar-refractivity contribution in [2.45, 2.75) is 39.5 Å². The number of nitrogens with one attached hydrogen (secondary N) is 1. The molecule has 0 saturated carbocycles. The molecule has 0 spiro atoms. The summed E-state index contributed by atoms with van der Waals surface area (Å²) in [5, 5.41) is 3.29. The highest BCUT2D eigenvalue weighted by Gasteiger charge is 2.38. The number of rotatable bonds is 4. The number of thiophene rings is 1. The van der Waals surface area contributed by atoms with Crippen molar-refractivity contribution in [1.82, 2.24) is 0 Å².